The van der Waals surface area contributed by atoms with Gasteiger partial charge in [-0.05, 0) is 82.8 Å². The number of hydrogen-bond donors (Lipinski definition) is 5. The van der Waals surface area contributed by atoms with Gasteiger partial charge in [0.2, 0.25) is 0 Å². The van der Waals surface area contributed by atoms with Crippen molar-refractivity contribution in [2.24, 2.45) is 0 Å². The average molecular weight is 1080 g/mol. The van der Waals surface area contributed by atoms with Crippen LogP contribution in [0.4, 0.5) is 5.82 Å². The first-order valence-electron chi connectivity index (χ1n) is 26.8. The molecule has 2 heterocycles. The van der Waals surface area contributed by atoms with Crippen molar-refractivity contribution in [2.45, 2.75) is 211 Å². The highest BCUT2D eigenvalue weighted by molar-refractivity contribution is 7.61. The van der Waals surface area contributed by atoms with E-state index < -0.39 is 83.7 Å². The topological polar surface area (TPSA) is 283 Å². The fraction of sp³-hybridized carbons (Fsp3) is 0.679. The maximum Gasteiger partial charge on any atom is 0.481 e. The third-order valence-electron chi connectivity index (χ3n) is 11.8. The summed E-state index contributed by atoms with van der Waals surface area (Å²) in [5.41, 5.74) is 4.58. The highest BCUT2D eigenvalue weighted by Crippen LogP contribution is 2.60. The fourth-order valence-electron chi connectivity index (χ4n) is 7.60. The van der Waals surface area contributed by atoms with Gasteiger partial charge in [-0.25, -0.2) is 13.9 Å². The summed E-state index contributed by atoms with van der Waals surface area (Å²) in [5.74, 6) is -1.37. The van der Waals surface area contributed by atoms with Crippen LogP contribution in [0.5, 0.6) is 0 Å². The van der Waals surface area contributed by atoms with E-state index >= 15 is 0 Å². The third kappa shape index (κ3) is 32.5. The second kappa shape index (κ2) is 40.4. The molecule has 0 aliphatic carbocycles. The standard InChI is InChI=1S/C53H87N3O16P2/c1-3-5-7-9-11-12-13-14-15-16-17-18-19-20-21-22-23-25-29-33-37-48(58)67-41-45(70-49(59)38-34-30-26-28-32-36-44(57)35-31-27-24-10-8-6-4-2)42-68-73(63,64)72-74(65,66)69-43-46-50(60)51(61)52(71-46)56-40-39-47(54)55-53(56)62/h12-13,15-16,18-19,24,27,31,35,39-40,45-46,50-52,60-61H,3-11,14,17,20-23,25-26,28-30,32-34,36-38,41-43H2,1-2H3,(H,63,64)(H,65,66)(H2,54,55,62)/b13-12-,16-15-,19-18-,27-24-,35-31+/t45-,46-,50-,51-,52-/m1/s1. The van der Waals surface area contributed by atoms with Gasteiger partial charge in [0.25, 0.3) is 0 Å². The minimum atomic E-state index is -5.46. The van der Waals surface area contributed by atoms with Crippen molar-refractivity contribution < 1.29 is 71.1 Å². The second-order valence-corrected chi connectivity index (χ2v) is 21.4. The van der Waals surface area contributed by atoms with E-state index in [1.165, 1.54) is 38.2 Å². The summed E-state index contributed by atoms with van der Waals surface area (Å²) in [4.78, 5) is 74.1. The fourth-order valence-corrected chi connectivity index (χ4v) is 9.71. The highest BCUT2D eigenvalue weighted by Gasteiger charge is 2.46. The Bertz CT molecular complexity index is 2040. The van der Waals surface area contributed by atoms with Crippen LogP contribution in [0.15, 0.2) is 77.8 Å². The smallest absolute Gasteiger partial charge is 0.462 e. The predicted molar refractivity (Wildman–Crippen MR) is 284 cm³/mol. The molecule has 0 saturated carbocycles. The molecule has 0 spiro atoms. The summed E-state index contributed by atoms with van der Waals surface area (Å²) in [7, 11) is -10.9. The number of carbonyl (C=O) groups is 3. The average Bonchev–Trinajstić information content (AvgIpc) is 3.63. The van der Waals surface area contributed by atoms with Gasteiger partial charge in [0.1, 0.15) is 30.7 Å². The van der Waals surface area contributed by atoms with Gasteiger partial charge in [-0.3, -0.25) is 28.0 Å². The van der Waals surface area contributed by atoms with E-state index in [0.717, 1.165) is 101 Å². The molecule has 1 saturated heterocycles. The van der Waals surface area contributed by atoms with Crippen molar-refractivity contribution in [3.8, 4) is 0 Å². The second-order valence-electron chi connectivity index (χ2n) is 18.4. The van der Waals surface area contributed by atoms with E-state index in [2.05, 4.69) is 65.7 Å². The van der Waals surface area contributed by atoms with Crippen LogP contribution in [0.1, 0.15) is 187 Å². The predicted octanol–water partition coefficient (Wildman–Crippen LogP) is 10.7. The number of hydrogen-bond acceptors (Lipinski definition) is 16. The van der Waals surface area contributed by atoms with Gasteiger partial charge in [0.05, 0.1) is 13.2 Å². The Morgan fingerprint density at radius 1 is 0.689 bits per heavy atom. The monoisotopic (exact) mass is 1080 g/mol. The van der Waals surface area contributed by atoms with E-state index in [1.54, 1.807) is 12.2 Å². The van der Waals surface area contributed by atoms with Crippen molar-refractivity contribution in [1.82, 2.24) is 9.55 Å². The number of nitrogen functional groups attached to an aromatic ring is 1. The molecule has 1 fully saturated rings. The zero-order valence-corrected chi connectivity index (χ0v) is 45.7. The zero-order valence-electron chi connectivity index (χ0n) is 43.9. The molecule has 0 aromatic carbocycles. The number of nitrogens with zero attached hydrogens (tertiary/aromatic N) is 2. The first-order valence-corrected chi connectivity index (χ1v) is 29.7. The summed E-state index contributed by atoms with van der Waals surface area (Å²) in [6, 6.07) is 1.24. The van der Waals surface area contributed by atoms with Gasteiger partial charge in [-0.2, -0.15) is 9.29 Å². The number of phosphoric acid groups is 2. The summed E-state index contributed by atoms with van der Waals surface area (Å²) >= 11 is 0. The van der Waals surface area contributed by atoms with Crippen molar-refractivity contribution in [2.75, 3.05) is 25.6 Å². The molecule has 0 amide bonds. The molecule has 2 unspecified atom stereocenters. The molecular weight excluding hydrogens is 997 g/mol. The zero-order chi connectivity index (χ0) is 54.3. The minimum absolute atomic E-state index is 0.0389. The maximum atomic E-state index is 12.9. The first-order chi connectivity index (χ1) is 35.6. The molecule has 6 N–H and O–H groups in total. The van der Waals surface area contributed by atoms with Gasteiger partial charge >= 0.3 is 33.3 Å². The summed E-state index contributed by atoms with van der Waals surface area (Å²) in [6.45, 7) is 1.96. The van der Waals surface area contributed by atoms with Crippen molar-refractivity contribution in [3.63, 3.8) is 0 Å². The molecule has 21 heteroatoms. The molecule has 2 rings (SSSR count). The van der Waals surface area contributed by atoms with Crippen LogP contribution in [0, 0.1) is 0 Å². The number of aromatic nitrogens is 2. The molecule has 1 aliphatic rings. The SMILES string of the molecule is CCCCC/C=C\C=C\C(=O)CCCCCCCC(=O)O[C@H](COC(=O)CCCCCCCC/C=C\C/C=C\C/C=C\CCCCCC)COP(=O)(O)OP(=O)(O)OC[C@H]1O[C@@H](n2ccc(N)nc2=O)[C@H](O)[C@@H]1O. The van der Waals surface area contributed by atoms with Crippen molar-refractivity contribution in [1.29, 1.82) is 0 Å². The van der Waals surface area contributed by atoms with Crippen LogP contribution < -0.4 is 11.4 Å². The molecule has 0 bridgehead atoms. The van der Waals surface area contributed by atoms with Crippen LogP contribution >= 0.6 is 15.6 Å². The van der Waals surface area contributed by atoms with Crippen LogP contribution in [0.3, 0.4) is 0 Å². The highest BCUT2D eigenvalue weighted by atomic mass is 31.3. The Hall–Kier alpha value is -3.87. The lowest BCUT2D eigenvalue weighted by molar-refractivity contribution is -0.161. The lowest BCUT2D eigenvalue weighted by atomic mass is 10.1. The number of carbonyl (C=O) groups excluding carboxylic acids is 3. The van der Waals surface area contributed by atoms with Crippen LogP contribution in [0.2, 0.25) is 0 Å². The number of nitrogens with two attached hydrogens (primary N) is 1. The largest absolute Gasteiger partial charge is 0.481 e. The summed E-state index contributed by atoms with van der Waals surface area (Å²) < 4.78 is 56.7. The Morgan fingerprint density at radius 3 is 1.85 bits per heavy atom. The number of anilines is 1. The lowest BCUT2D eigenvalue weighted by Gasteiger charge is -2.21. The Kier molecular flexibility index (Phi) is 36.2. The summed E-state index contributed by atoms with van der Waals surface area (Å²) in [6.07, 6.45) is 36.8. The number of unbranched alkanes of at least 4 members (excludes halogenated alkanes) is 17. The van der Waals surface area contributed by atoms with Crippen molar-refractivity contribution >= 4 is 39.2 Å². The number of aliphatic hydroxyl groups is 2. The molecule has 420 valence electrons. The van der Waals surface area contributed by atoms with Crippen LogP contribution in [0.25, 0.3) is 0 Å². The number of phosphoric ester groups is 2. The Morgan fingerprint density at radius 2 is 1.22 bits per heavy atom. The summed E-state index contributed by atoms with van der Waals surface area (Å²) in [5, 5.41) is 20.9. The molecular formula is C53H87N3O16P2. The molecule has 1 aromatic heterocycles. The van der Waals surface area contributed by atoms with E-state index in [0.29, 0.717) is 32.1 Å². The molecule has 74 heavy (non-hydrogen) atoms. The van der Waals surface area contributed by atoms with Crippen molar-refractivity contribution in [3.05, 3.63) is 83.5 Å². The molecule has 1 aromatic rings. The van der Waals surface area contributed by atoms with E-state index in [-0.39, 0.29) is 24.4 Å². The molecule has 1 aliphatic heterocycles. The van der Waals surface area contributed by atoms with E-state index in [1.807, 2.05) is 6.08 Å². The quantitative estimate of drug-likeness (QED) is 0.0101. The minimum Gasteiger partial charge on any atom is -0.462 e. The van der Waals surface area contributed by atoms with E-state index in [4.69, 9.17) is 29.0 Å². The first kappa shape index (κ1) is 66.2. The van der Waals surface area contributed by atoms with Crippen LogP contribution in [-0.2, 0) is 51.1 Å². The van der Waals surface area contributed by atoms with Crippen LogP contribution in [-0.4, -0.2) is 91.5 Å². The van der Waals surface area contributed by atoms with Gasteiger partial charge in [-0.15, -0.1) is 0 Å². The van der Waals surface area contributed by atoms with Gasteiger partial charge in [0, 0.05) is 25.5 Å². The number of rotatable bonds is 44. The normalized spacial score (nSPS) is 19.3. The van der Waals surface area contributed by atoms with Gasteiger partial charge in [-0.1, -0.05) is 146 Å². The number of aliphatic hydroxyl groups excluding tert-OH is 2. The molecule has 0 radical (unpaired) electrons. The molecule has 7 atom stereocenters. The van der Waals surface area contributed by atoms with E-state index in [9.17, 15) is 48.3 Å². The number of esters is 2. The Balaban J connectivity index is 1.80. The van der Waals surface area contributed by atoms with Gasteiger partial charge in [0.15, 0.2) is 18.1 Å². The Labute approximate surface area is 438 Å². The number of ketones is 1. The third-order valence-corrected chi connectivity index (χ3v) is 14.4. The molecule has 19 nitrogen and oxygen atoms in total. The lowest BCUT2D eigenvalue weighted by Crippen LogP contribution is -2.36. The van der Waals surface area contributed by atoms with Gasteiger partial charge < -0.3 is 39.9 Å². The number of ether oxygens (including phenoxy) is 3. The number of allylic oxidation sites excluding steroid dienone is 10. The maximum absolute atomic E-state index is 12.9.